The molecule has 0 atom stereocenters. The zero-order chi connectivity index (χ0) is 16.9. The van der Waals surface area contributed by atoms with Gasteiger partial charge in [0.15, 0.2) is 0 Å². The molecule has 7 nitrogen and oxygen atoms in total. The van der Waals surface area contributed by atoms with Gasteiger partial charge in [-0.25, -0.2) is 13.1 Å². The maximum Gasteiger partial charge on any atom is 0.270 e. The van der Waals surface area contributed by atoms with Crippen LogP contribution in [0.25, 0.3) is 0 Å². The molecule has 0 radical (unpaired) electrons. The third-order valence-corrected chi connectivity index (χ3v) is 4.68. The number of benzene rings is 2. The molecule has 0 amide bonds. The lowest BCUT2D eigenvalue weighted by molar-refractivity contribution is -0.385. The summed E-state index contributed by atoms with van der Waals surface area (Å²) in [7, 11) is -2.25. The molecule has 0 aromatic heterocycles. The van der Waals surface area contributed by atoms with Crippen LogP contribution < -0.4 is 9.46 Å². The highest BCUT2D eigenvalue weighted by Crippen LogP contribution is 2.19. The van der Waals surface area contributed by atoms with Gasteiger partial charge in [-0.2, -0.15) is 0 Å². The monoisotopic (exact) mass is 336 g/mol. The molecular weight excluding hydrogens is 320 g/mol. The van der Waals surface area contributed by atoms with Gasteiger partial charge in [0.25, 0.3) is 5.69 Å². The highest BCUT2D eigenvalue weighted by molar-refractivity contribution is 7.89. The van der Waals surface area contributed by atoms with E-state index in [0.29, 0.717) is 12.2 Å². The van der Waals surface area contributed by atoms with Crippen molar-refractivity contribution in [2.45, 2.75) is 11.3 Å². The summed E-state index contributed by atoms with van der Waals surface area (Å²) >= 11 is 0. The second kappa shape index (κ2) is 7.21. The van der Waals surface area contributed by atoms with Crippen molar-refractivity contribution in [3.63, 3.8) is 0 Å². The number of para-hydroxylation sites is 1. The molecule has 0 aliphatic heterocycles. The molecule has 2 aromatic rings. The molecule has 0 fully saturated rings. The van der Waals surface area contributed by atoms with Crippen LogP contribution in [0, 0.1) is 10.1 Å². The van der Waals surface area contributed by atoms with Crippen LogP contribution >= 0.6 is 0 Å². The number of hydrogen-bond acceptors (Lipinski definition) is 5. The lowest BCUT2D eigenvalue weighted by Crippen LogP contribution is -2.26. The van der Waals surface area contributed by atoms with Gasteiger partial charge < -0.3 is 4.74 Å². The number of nitrogens with one attached hydrogen (secondary N) is 1. The highest BCUT2D eigenvalue weighted by atomic mass is 32.2. The zero-order valence-corrected chi connectivity index (χ0v) is 13.2. The molecule has 0 heterocycles. The van der Waals surface area contributed by atoms with E-state index in [-0.39, 0.29) is 17.1 Å². The Morgan fingerprint density at radius 3 is 2.61 bits per heavy atom. The summed E-state index contributed by atoms with van der Waals surface area (Å²) < 4.78 is 32.0. The number of methoxy groups -OCH3 is 1. The van der Waals surface area contributed by atoms with E-state index in [2.05, 4.69) is 4.72 Å². The molecular formula is C15H16N2O5S. The molecule has 23 heavy (non-hydrogen) atoms. The summed E-state index contributed by atoms with van der Waals surface area (Å²) in [5.74, 6) is 0.682. The molecule has 122 valence electrons. The molecule has 0 aliphatic rings. The molecule has 0 spiro atoms. The van der Waals surface area contributed by atoms with E-state index in [9.17, 15) is 18.5 Å². The minimum absolute atomic E-state index is 0.133. The van der Waals surface area contributed by atoms with Crippen molar-refractivity contribution in [1.82, 2.24) is 4.72 Å². The minimum atomic E-state index is -3.80. The van der Waals surface area contributed by atoms with E-state index in [1.807, 2.05) is 18.2 Å². The standard InChI is InChI=1S/C15H16N2O5S/c1-22-15-8-3-2-5-12(15)9-10-16-23(20,21)14-7-4-6-13(11-14)17(18)19/h2-8,11,16H,9-10H2,1H3. The summed E-state index contributed by atoms with van der Waals surface area (Å²) in [6, 6.07) is 12.2. The lowest BCUT2D eigenvalue weighted by Gasteiger charge is -2.09. The van der Waals surface area contributed by atoms with Gasteiger partial charge in [0.2, 0.25) is 10.0 Å². The summed E-state index contributed by atoms with van der Waals surface area (Å²) in [5.41, 5.74) is 0.606. The van der Waals surface area contributed by atoms with Gasteiger partial charge in [-0.05, 0) is 24.1 Å². The Labute approximate surface area is 134 Å². The van der Waals surface area contributed by atoms with Gasteiger partial charge in [-0.1, -0.05) is 24.3 Å². The molecule has 2 aromatic carbocycles. The Kier molecular flexibility index (Phi) is 5.30. The molecule has 0 unspecified atom stereocenters. The Morgan fingerprint density at radius 1 is 1.17 bits per heavy atom. The Balaban J connectivity index is 2.07. The highest BCUT2D eigenvalue weighted by Gasteiger charge is 2.17. The average molecular weight is 336 g/mol. The summed E-state index contributed by atoms with van der Waals surface area (Å²) in [6.07, 6.45) is 0.443. The first-order chi connectivity index (χ1) is 10.9. The van der Waals surface area contributed by atoms with Crippen LogP contribution in [-0.2, 0) is 16.4 Å². The van der Waals surface area contributed by atoms with E-state index in [1.54, 1.807) is 13.2 Å². The predicted molar refractivity (Wildman–Crippen MR) is 85.0 cm³/mol. The molecule has 0 saturated heterocycles. The number of sulfonamides is 1. The quantitative estimate of drug-likeness (QED) is 0.617. The molecule has 1 N–H and O–H groups in total. The van der Waals surface area contributed by atoms with Gasteiger partial charge in [0.1, 0.15) is 5.75 Å². The fourth-order valence-electron chi connectivity index (χ4n) is 2.08. The van der Waals surface area contributed by atoms with Crippen molar-refractivity contribution in [1.29, 1.82) is 0 Å². The number of hydrogen-bond donors (Lipinski definition) is 1. The normalized spacial score (nSPS) is 11.2. The van der Waals surface area contributed by atoms with Crippen molar-refractivity contribution in [2.75, 3.05) is 13.7 Å². The summed E-state index contributed by atoms with van der Waals surface area (Å²) in [6.45, 7) is 0.158. The van der Waals surface area contributed by atoms with Gasteiger partial charge in [0, 0.05) is 18.7 Å². The number of ether oxygens (including phenoxy) is 1. The third kappa shape index (κ3) is 4.27. The predicted octanol–water partition coefficient (Wildman–Crippen LogP) is 2.12. The average Bonchev–Trinajstić information content (AvgIpc) is 2.55. The maximum atomic E-state index is 12.2. The van der Waals surface area contributed by atoms with Gasteiger partial charge >= 0.3 is 0 Å². The van der Waals surface area contributed by atoms with Crippen molar-refractivity contribution >= 4 is 15.7 Å². The summed E-state index contributed by atoms with van der Waals surface area (Å²) in [5, 5.41) is 10.7. The van der Waals surface area contributed by atoms with Crippen molar-refractivity contribution in [3.05, 3.63) is 64.2 Å². The molecule has 2 rings (SSSR count). The van der Waals surface area contributed by atoms with Crippen LogP contribution in [-0.4, -0.2) is 27.0 Å². The number of non-ortho nitro benzene ring substituents is 1. The van der Waals surface area contributed by atoms with Crippen molar-refractivity contribution < 1.29 is 18.1 Å². The number of nitrogens with zero attached hydrogens (tertiary/aromatic N) is 1. The van der Waals surface area contributed by atoms with Crippen LogP contribution in [0.3, 0.4) is 0 Å². The number of nitro benzene ring substituents is 1. The Morgan fingerprint density at radius 2 is 1.91 bits per heavy atom. The first kappa shape index (κ1) is 16.9. The van der Waals surface area contributed by atoms with Crippen LogP contribution in [0.5, 0.6) is 5.75 Å². The number of nitro groups is 1. The van der Waals surface area contributed by atoms with Crippen LogP contribution in [0.4, 0.5) is 5.69 Å². The maximum absolute atomic E-state index is 12.2. The second-order valence-corrected chi connectivity index (χ2v) is 6.48. The minimum Gasteiger partial charge on any atom is -0.496 e. The molecule has 8 heteroatoms. The largest absolute Gasteiger partial charge is 0.496 e. The SMILES string of the molecule is COc1ccccc1CCNS(=O)(=O)c1cccc([N+](=O)[O-])c1. The van der Waals surface area contributed by atoms with Crippen molar-refractivity contribution in [3.8, 4) is 5.75 Å². The van der Waals surface area contributed by atoms with E-state index >= 15 is 0 Å². The smallest absolute Gasteiger partial charge is 0.270 e. The third-order valence-electron chi connectivity index (χ3n) is 3.22. The van der Waals surface area contributed by atoms with E-state index in [4.69, 9.17) is 4.74 Å². The Bertz CT molecular complexity index is 805. The van der Waals surface area contributed by atoms with E-state index < -0.39 is 14.9 Å². The fourth-order valence-corrected chi connectivity index (χ4v) is 3.15. The Hall–Kier alpha value is -2.45. The summed E-state index contributed by atoms with van der Waals surface area (Å²) in [4.78, 5) is 9.96. The van der Waals surface area contributed by atoms with Crippen LogP contribution in [0.15, 0.2) is 53.4 Å². The fraction of sp³-hybridized carbons (Fsp3) is 0.200. The van der Waals surface area contributed by atoms with E-state index in [1.165, 1.54) is 18.2 Å². The second-order valence-electron chi connectivity index (χ2n) is 4.71. The van der Waals surface area contributed by atoms with Gasteiger partial charge in [-0.15, -0.1) is 0 Å². The number of rotatable bonds is 7. The molecule has 0 saturated carbocycles. The van der Waals surface area contributed by atoms with E-state index in [0.717, 1.165) is 11.6 Å². The van der Waals surface area contributed by atoms with Crippen molar-refractivity contribution in [2.24, 2.45) is 0 Å². The van der Waals surface area contributed by atoms with Gasteiger partial charge in [-0.3, -0.25) is 10.1 Å². The topological polar surface area (TPSA) is 98.5 Å². The molecule has 0 aliphatic carbocycles. The zero-order valence-electron chi connectivity index (χ0n) is 12.4. The van der Waals surface area contributed by atoms with Gasteiger partial charge in [0.05, 0.1) is 16.9 Å². The molecule has 0 bridgehead atoms. The first-order valence-corrected chi connectivity index (χ1v) is 8.28. The van der Waals surface area contributed by atoms with Crippen LogP contribution in [0.1, 0.15) is 5.56 Å². The first-order valence-electron chi connectivity index (χ1n) is 6.80. The lowest BCUT2D eigenvalue weighted by atomic mass is 10.1. The van der Waals surface area contributed by atoms with Crippen LogP contribution in [0.2, 0.25) is 0 Å².